The number of hydrogen-bond donors (Lipinski definition) is 1. The standard InChI is InChI=1S/C11H10ClIN4O2/c12-8-7-9(13)15-10(17(7)4-2-14-8)6-1-3-16(5-6)11(18)19/h2,4,6H,1,3,5H2,(H,18,19)/t6-/m0/s1. The highest BCUT2D eigenvalue weighted by atomic mass is 127. The minimum absolute atomic E-state index is 0.102. The molecule has 1 aliphatic heterocycles. The van der Waals surface area contributed by atoms with Crippen molar-refractivity contribution in [3.63, 3.8) is 0 Å². The maximum atomic E-state index is 11.0. The third-order valence-corrected chi connectivity index (χ3v) is 4.35. The lowest BCUT2D eigenvalue weighted by atomic mass is 10.1. The van der Waals surface area contributed by atoms with E-state index >= 15 is 0 Å². The fourth-order valence-electron chi connectivity index (χ4n) is 2.42. The molecule has 8 heteroatoms. The van der Waals surface area contributed by atoms with Gasteiger partial charge in [-0.2, -0.15) is 0 Å². The molecular formula is C11H10ClIN4O2. The summed E-state index contributed by atoms with van der Waals surface area (Å²) in [5.41, 5.74) is 0.786. The number of rotatable bonds is 1. The molecule has 6 nitrogen and oxygen atoms in total. The Kier molecular flexibility index (Phi) is 3.25. The molecule has 1 amide bonds. The van der Waals surface area contributed by atoms with Crippen LogP contribution in [0.4, 0.5) is 4.79 Å². The van der Waals surface area contributed by atoms with Gasteiger partial charge in [-0.3, -0.25) is 4.40 Å². The van der Waals surface area contributed by atoms with E-state index < -0.39 is 6.09 Å². The van der Waals surface area contributed by atoms with E-state index in [1.165, 1.54) is 4.90 Å². The lowest BCUT2D eigenvalue weighted by Crippen LogP contribution is -2.26. The molecule has 0 unspecified atom stereocenters. The number of carboxylic acid groups (broad SMARTS) is 1. The highest BCUT2D eigenvalue weighted by Crippen LogP contribution is 2.30. The van der Waals surface area contributed by atoms with Crippen LogP contribution >= 0.6 is 34.2 Å². The first-order valence-corrected chi connectivity index (χ1v) is 7.19. The molecular weight excluding hydrogens is 383 g/mol. The Balaban J connectivity index is 2.03. The summed E-state index contributed by atoms with van der Waals surface area (Å²) in [6.07, 6.45) is 3.34. The molecule has 100 valence electrons. The minimum Gasteiger partial charge on any atom is -0.465 e. The molecule has 3 heterocycles. The SMILES string of the molecule is O=C(O)N1CC[C@H](c2nc(I)c3c(Cl)nccn23)C1. The van der Waals surface area contributed by atoms with E-state index in [-0.39, 0.29) is 5.92 Å². The van der Waals surface area contributed by atoms with Gasteiger partial charge in [0.1, 0.15) is 15.0 Å². The summed E-state index contributed by atoms with van der Waals surface area (Å²) in [6, 6.07) is 0. The van der Waals surface area contributed by atoms with Crippen LogP contribution in [0.3, 0.4) is 0 Å². The Hall–Kier alpha value is -1.09. The van der Waals surface area contributed by atoms with Crippen LogP contribution in [0.5, 0.6) is 0 Å². The van der Waals surface area contributed by atoms with Crippen LogP contribution < -0.4 is 0 Å². The number of fused-ring (bicyclic) bond motifs is 1. The van der Waals surface area contributed by atoms with Crippen molar-refractivity contribution in [3.8, 4) is 0 Å². The number of likely N-dealkylation sites (tertiary alicyclic amines) is 1. The molecule has 0 aliphatic carbocycles. The van der Waals surface area contributed by atoms with Gasteiger partial charge in [0.25, 0.3) is 0 Å². The van der Waals surface area contributed by atoms with E-state index in [1.807, 2.05) is 10.6 Å². The largest absolute Gasteiger partial charge is 0.465 e. The monoisotopic (exact) mass is 392 g/mol. The maximum absolute atomic E-state index is 11.0. The molecule has 2 aromatic heterocycles. The van der Waals surface area contributed by atoms with Gasteiger partial charge in [-0.1, -0.05) is 11.6 Å². The molecule has 0 spiro atoms. The first kappa shape index (κ1) is 12.9. The molecule has 1 fully saturated rings. The summed E-state index contributed by atoms with van der Waals surface area (Å²) in [7, 11) is 0. The van der Waals surface area contributed by atoms with Crippen LogP contribution in [0, 0.1) is 3.70 Å². The van der Waals surface area contributed by atoms with Gasteiger partial charge in [0, 0.05) is 31.4 Å². The van der Waals surface area contributed by atoms with Crippen LogP contribution in [0.2, 0.25) is 5.15 Å². The Morgan fingerprint density at radius 1 is 1.58 bits per heavy atom. The molecule has 0 saturated carbocycles. The molecule has 1 N–H and O–H groups in total. The molecule has 1 atom stereocenters. The number of halogens is 2. The number of carbonyl (C=O) groups is 1. The average Bonchev–Trinajstić information content (AvgIpc) is 2.95. The van der Waals surface area contributed by atoms with Crippen LogP contribution in [0.25, 0.3) is 5.52 Å². The van der Waals surface area contributed by atoms with Gasteiger partial charge in [0.05, 0.1) is 0 Å². The van der Waals surface area contributed by atoms with E-state index in [0.717, 1.165) is 21.5 Å². The summed E-state index contributed by atoms with van der Waals surface area (Å²) >= 11 is 8.20. The topological polar surface area (TPSA) is 70.7 Å². The quantitative estimate of drug-likeness (QED) is 0.757. The molecule has 3 rings (SSSR count). The van der Waals surface area contributed by atoms with Gasteiger partial charge in [-0.15, -0.1) is 0 Å². The van der Waals surface area contributed by atoms with Crippen LogP contribution in [0.1, 0.15) is 18.2 Å². The maximum Gasteiger partial charge on any atom is 0.407 e. The van der Waals surface area contributed by atoms with Gasteiger partial charge in [0.2, 0.25) is 0 Å². The minimum atomic E-state index is -0.877. The Morgan fingerprint density at radius 3 is 3.05 bits per heavy atom. The Labute approximate surface area is 127 Å². The van der Waals surface area contributed by atoms with Crippen molar-refractivity contribution in [2.75, 3.05) is 13.1 Å². The number of hydrogen-bond acceptors (Lipinski definition) is 3. The highest BCUT2D eigenvalue weighted by molar-refractivity contribution is 14.1. The molecule has 0 radical (unpaired) electrons. The zero-order chi connectivity index (χ0) is 13.6. The second-order valence-corrected chi connectivity index (χ2v) is 5.79. The van der Waals surface area contributed by atoms with Crippen LogP contribution in [-0.2, 0) is 0 Å². The van der Waals surface area contributed by atoms with Gasteiger partial charge >= 0.3 is 6.09 Å². The van der Waals surface area contributed by atoms with E-state index in [2.05, 4.69) is 32.6 Å². The molecule has 0 aromatic carbocycles. The highest BCUT2D eigenvalue weighted by Gasteiger charge is 2.30. The fraction of sp³-hybridized carbons (Fsp3) is 0.364. The predicted octanol–water partition coefficient (Wildman–Crippen LogP) is 2.45. The van der Waals surface area contributed by atoms with Crippen molar-refractivity contribution >= 4 is 45.8 Å². The molecule has 0 bridgehead atoms. The van der Waals surface area contributed by atoms with Crippen LogP contribution in [0.15, 0.2) is 12.4 Å². The summed E-state index contributed by atoms with van der Waals surface area (Å²) in [5.74, 6) is 0.957. The van der Waals surface area contributed by atoms with Gasteiger partial charge in [0.15, 0.2) is 5.15 Å². The van der Waals surface area contributed by atoms with E-state index in [9.17, 15) is 4.79 Å². The van der Waals surface area contributed by atoms with Crippen molar-refractivity contribution in [3.05, 3.63) is 27.1 Å². The lowest BCUT2D eigenvalue weighted by Gasteiger charge is -2.11. The second kappa shape index (κ2) is 4.78. The molecule has 1 saturated heterocycles. The van der Waals surface area contributed by atoms with Crippen molar-refractivity contribution in [1.29, 1.82) is 0 Å². The van der Waals surface area contributed by atoms with E-state index in [1.54, 1.807) is 6.20 Å². The van der Waals surface area contributed by atoms with E-state index in [4.69, 9.17) is 16.7 Å². The summed E-state index contributed by atoms with van der Waals surface area (Å²) in [5, 5.41) is 9.42. The van der Waals surface area contributed by atoms with Crippen molar-refractivity contribution in [2.45, 2.75) is 12.3 Å². The zero-order valence-electron chi connectivity index (χ0n) is 9.75. The van der Waals surface area contributed by atoms with Gasteiger partial charge in [-0.25, -0.2) is 14.8 Å². The summed E-state index contributed by atoms with van der Waals surface area (Å²) < 4.78 is 2.70. The number of amides is 1. The van der Waals surface area contributed by atoms with E-state index in [0.29, 0.717) is 18.2 Å². The number of nitrogens with zero attached hydrogens (tertiary/aromatic N) is 4. The summed E-state index contributed by atoms with van der Waals surface area (Å²) in [4.78, 5) is 21.0. The normalized spacial score (nSPS) is 19.3. The third-order valence-electron chi connectivity index (χ3n) is 3.32. The smallest absolute Gasteiger partial charge is 0.407 e. The molecule has 19 heavy (non-hydrogen) atoms. The number of imidazole rings is 1. The van der Waals surface area contributed by atoms with Crippen molar-refractivity contribution in [1.82, 2.24) is 19.3 Å². The average molecular weight is 393 g/mol. The molecule has 1 aliphatic rings. The van der Waals surface area contributed by atoms with Gasteiger partial charge in [-0.05, 0) is 29.0 Å². The lowest BCUT2D eigenvalue weighted by molar-refractivity contribution is 0.155. The summed E-state index contributed by atoms with van der Waals surface area (Å²) in [6.45, 7) is 1.02. The Bertz CT molecular complexity index is 659. The second-order valence-electron chi connectivity index (χ2n) is 4.41. The predicted molar refractivity (Wildman–Crippen MR) is 77.7 cm³/mol. The van der Waals surface area contributed by atoms with Gasteiger partial charge < -0.3 is 10.0 Å². The van der Waals surface area contributed by atoms with Crippen molar-refractivity contribution in [2.24, 2.45) is 0 Å². The molecule has 2 aromatic rings. The Morgan fingerprint density at radius 2 is 2.37 bits per heavy atom. The first-order valence-electron chi connectivity index (χ1n) is 5.73. The van der Waals surface area contributed by atoms with Crippen molar-refractivity contribution < 1.29 is 9.90 Å². The fourth-order valence-corrected chi connectivity index (χ4v) is 3.57. The third kappa shape index (κ3) is 2.14. The number of aromatic nitrogens is 3. The zero-order valence-corrected chi connectivity index (χ0v) is 12.7. The van der Waals surface area contributed by atoms with Crippen LogP contribution in [-0.4, -0.2) is 43.6 Å². The first-order chi connectivity index (χ1) is 9.08.